The summed E-state index contributed by atoms with van der Waals surface area (Å²) in [4.78, 5) is 57.0. The van der Waals surface area contributed by atoms with Crippen LogP contribution in [0.15, 0.2) is 0 Å². The summed E-state index contributed by atoms with van der Waals surface area (Å²) in [6, 6.07) is -1.12. The molecule has 0 saturated heterocycles. The molecular weight excluding hydrogens is 556 g/mol. The van der Waals surface area contributed by atoms with Crippen molar-refractivity contribution in [1.29, 1.82) is 0 Å². The molecule has 0 heterocycles. The zero-order valence-corrected chi connectivity index (χ0v) is 26.1. The van der Waals surface area contributed by atoms with E-state index in [2.05, 4.69) is 10.6 Å². The van der Waals surface area contributed by atoms with E-state index in [0.29, 0.717) is 32.1 Å². The van der Waals surface area contributed by atoms with Gasteiger partial charge in [-0.2, -0.15) is 0 Å². The van der Waals surface area contributed by atoms with Gasteiger partial charge in [0.25, 0.3) is 0 Å². The average Bonchev–Trinajstić information content (AvgIpc) is 2.97. The van der Waals surface area contributed by atoms with Crippen molar-refractivity contribution in [1.82, 2.24) is 16.1 Å². The first kappa shape index (κ1) is 40.4. The fourth-order valence-corrected chi connectivity index (χ4v) is 4.84. The summed E-state index contributed by atoms with van der Waals surface area (Å²) >= 11 is 0. The Balaban J connectivity index is 3.69. The van der Waals surface area contributed by atoms with Gasteiger partial charge in [0.1, 0.15) is 6.04 Å². The van der Waals surface area contributed by atoms with Gasteiger partial charge in [-0.1, -0.05) is 89.9 Å². The predicted octanol–water partition coefficient (Wildman–Crippen LogP) is 4.08. The van der Waals surface area contributed by atoms with Crippen molar-refractivity contribution in [2.24, 2.45) is 5.84 Å². The molecule has 0 rings (SSSR count). The Hall–Kier alpha value is -2.57. The number of unbranched alkanes of at least 4 members (excludes halogenated alkanes) is 16. The van der Waals surface area contributed by atoms with Crippen molar-refractivity contribution in [3.05, 3.63) is 0 Å². The van der Waals surface area contributed by atoms with E-state index in [1.165, 1.54) is 57.8 Å². The predicted molar refractivity (Wildman–Crippen MR) is 165 cm³/mol. The Kier molecular flexibility index (Phi) is 25.4. The smallest absolute Gasteiger partial charge is 0.326 e. The fourth-order valence-electron chi connectivity index (χ4n) is 4.84. The molecule has 0 unspecified atom stereocenters. The van der Waals surface area contributed by atoms with Crippen molar-refractivity contribution in [3.8, 4) is 0 Å². The lowest BCUT2D eigenvalue weighted by molar-refractivity contribution is -0.142. The number of hydrogen-bond donors (Lipinski definition) is 7. The van der Waals surface area contributed by atoms with Gasteiger partial charge in [-0.3, -0.25) is 25.0 Å². The van der Waals surface area contributed by atoms with Gasteiger partial charge in [-0.15, -0.1) is 0 Å². The number of aliphatic hydroxyl groups is 1. The molecule has 0 aliphatic heterocycles. The SMILES string of the molecule is NN[C@](O)(C=O)CCCCNC(=O)CC[C@H](NC(=O)CCCCCCCCCCCCCCCCCCC(=O)O)C(=O)O. The number of nitrogens with two attached hydrogens (primary N) is 1. The van der Waals surface area contributed by atoms with E-state index >= 15 is 0 Å². The molecule has 0 aromatic rings. The van der Waals surface area contributed by atoms with Crippen LogP contribution in [-0.4, -0.2) is 63.7 Å². The van der Waals surface area contributed by atoms with Crippen LogP contribution in [0.3, 0.4) is 0 Å². The Morgan fingerprint density at radius 3 is 1.53 bits per heavy atom. The van der Waals surface area contributed by atoms with Crippen LogP contribution in [0.1, 0.15) is 148 Å². The molecule has 250 valence electrons. The second-order valence-corrected chi connectivity index (χ2v) is 11.5. The highest BCUT2D eigenvalue weighted by molar-refractivity contribution is 5.84. The van der Waals surface area contributed by atoms with Crippen LogP contribution in [0.4, 0.5) is 0 Å². The van der Waals surface area contributed by atoms with Crippen molar-refractivity contribution in [2.75, 3.05) is 6.54 Å². The fraction of sp³-hybridized carbons (Fsp3) is 0.839. The number of hydrogen-bond acceptors (Lipinski definition) is 8. The summed E-state index contributed by atoms with van der Waals surface area (Å²) in [6.07, 6.45) is 19.8. The van der Waals surface area contributed by atoms with Crippen LogP contribution < -0.4 is 21.9 Å². The van der Waals surface area contributed by atoms with E-state index in [-0.39, 0.29) is 43.9 Å². The standard InChI is InChI=1S/C31H58N4O8/c32-35-31(43,25-36)23-17-18-24-33-27(37)22-21-26(30(41)42)34-28(38)19-15-13-11-9-7-5-3-1-2-4-6-8-10-12-14-16-20-29(39)40/h25-26,35,43H,1-24,32H2,(H,33,37)(H,34,38)(H,39,40)(H,41,42)/t26-,31+/m0/s1. The maximum absolute atomic E-state index is 12.2. The molecular formula is C31H58N4O8. The third-order valence-corrected chi connectivity index (χ3v) is 7.59. The highest BCUT2D eigenvalue weighted by Crippen LogP contribution is 2.14. The highest BCUT2D eigenvalue weighted by Gasteiger charge is 2.23. The average molecular weight is 615 g/mol. The normalized spacial score (nSPS) is 13.2. The maximum Gasteiger partial charge on any atom is 0.326 e. The number of carboxylic acid groups (broad SMARTS) is 2. The van der Waals surface area contributed by atoms with E-state index in [0.717, 1.165) is 38.5 Å². The van der Waals surface area contributed by atoms with Crippen molar-refractivity contribution in [2.45, 2.75) is 159 Å². The van der Waals surface area contributed by atoms with E-state index in [9.17, 15) is 34.2 Å². The first-order chi connectivity index (χ1) is 20.6. The van der Waals surface area contributed by atoms with E-state index < -0.39 is 23.7 Å². The molecule has 0 aliphatic rings. The van der Waals surface area contributed by atoms with Crippen LogP contribution >= 0.6 is 0 Å². The summed E-state index contributed by atoms with van der Waals surface area (Å²) in [5.74, 6) is 2.59. The third-order valence-electron chi connectivity index (χ3n) is 7.59. The molecule has 0 aromatic heterocycles. The van der Waals surface area contributed by atoms with Gasteiger partial charge >= 0.3 is 11.9 Å². The van der Waals surface area contributed by atoms with Crippen LogP contribution in [0.25, 0.3) is 0 Å². The van der Waals surface area contributed by atoms with Crippen molar-refractivity contribution >= 4 is 30.0 Å². The molecule has 0 bridgehead atoms. The zero-order chi connectivity index (χ0) is 32.2. The molecule has 2 amide bonds. The minimum atomic E-state index is -1.78. The lowest BCUT2D eigenvalue weighted by atomic mass is 10.0. The lowest BCUT2D eigenvalue weighted by Crippen LogP contribution is -2.50. The Labute approximate surface area is 257 Å². The lowest BCUT2D eigenvalue weighted by Gasteiger charge is -2.19. The second-order valence-electron chi connectivity index (χ2n) is 11.5. The number of rotatable bonds is 31. The highest BCUT2D eigenvalue weighted by atomic mass is 16.4. The first-order valence-electron chi connectivity index (χ1n) is 16.3. The molecule has 0 aliphatic carbocycles. The summed E-state index contributed by atoms with van der Waals surface area (Å²) in [5, 5.41) is 32.9. The molecule has 43 heavy (non-hydrogen) atoms. The minimum absolute atomic E-state index is 0.00885. The molecule has 0 aromatic carbocycles. The summed E-state index contributed by atoms with van der Waals surface area (Å²) in [7, 11) is 0. The van der Waals surface area contributed by atoms with E-state index in [1.807, 2.05) is 5.43 Å². The van der Waals surface area contributed by atoms with Crippen molar-refractivity contribution < 1.29 is 39.3 Å². The third kappa shape index (κ3) is 25.6. The number of nitrogens with one attached hydrogen (secondary N) is 3. The number of aldehydes is 1. The number of hydrazine groups is 1. The molecule has 0 fully saturated rings. The first-order valence-corrected chi connectivity index (χ1v) is 16.3. The molecule has 12 nitrogen and oxygen atoms in total. The van der Waals surface area contributed by atoms with Gasteiger partial charge in [-0.25, -0.2) is 10.2 Å². The van der Waals surface area contributed by atoms with Crippen LogP contribution in [0.2, 0.25) is 0 Å². The number of amides is 2. The number of carbonyl (C=O) groups is 5. The van der Waals surface area contributed by atoms with Gasteiger partial charge in [0.15, 0.2) is 12.0 Å². The van der Waals surface area contributed by atoms with E-state index in [1.54, 1.807) is 0 Å². The molecule has 12 heteroatoms. The van der Waals surface area contributed by atoms with Crippen LogP contribution in [-0.2, 0) is 24.0 Å². The summed E-state index contributed by atoms with van der Waals surface area (Å²) < 4.78 is 0. The topological polar surface area (TPSA) is 208 Å². The van der Waals surface area contributed by atoms with Gasteiger partial charge in [0.2, 0.25) is 11.8 Å². The summed E-state index contributed by atoms with van der Waals surface area (Å²) in [5.41, 5.74) is 0.245. The number of carbonyl (C=O) groups excluding carboxylic acids is 3. The molecule has 2 atom stereocenters. The van der Waals surface area contributed by atoms with Crippen LogP contribution in [0.5, 0.6) is 0 Å². The molecule has 0 spiro atoms. The van der Waals surface area contributed by atoms with Gasteiger partial charge < -0.3 is 26.0 Å². The molecule has 0 saturated carbocycles. The van der Waals surface area contributed by atoms with Crippen LogP contribution in [0, 0.1) is 0 Å². The quantitative estimate of drug-likeness (QED) is 0.0196. The zero-order valence-electron chi connectivity index (χ0n) is 26.1. The molecule has 8 N–H and O–H groups in total. The summed E-state index contributed by atoms with van der Waals surface area (Å²) in [6.45, 7) is 0.309. The number of carboxylic acids is 2. The van der Waals surface area contributed by atoms with Gasteiger partial charge in [-0.05, 0) is 38.5 Å². The van der Waals surface area contributed by atoms with Crippen molar-refractivity contribution in [3.63, 3.8) is 0 Å². The monoisotopic (exact) mass is 614 g/mol. The van der Waals surface area contributed by atoms with Gasteiger partial charge in [0.05, 0.1) is 0 Å². The Morgan fingerprint density at radius 2 is 1.12 bits per heavy atom. The molecule has 0 radical (unpaired) electrons. The Bertz CT molecular complexity index is 783. The second kappa shape index (κ2) is 27.0. The largest absolute Gasteiger partial charge is 0.481 e. The van der Waals surface area contributed by atoms with E-state index in [4.69, 9.17) is 10.9 Å². The van der Waals surface area contributed by atoms with Gasteiger partial charge in [0, 0.05) is 25.8 Å². The Morgan fingerprint density at radius 1 is 0.651 bits per heavy atom. The number of aliphatic carboxylic acids is 2. The maximum atomic E-state index is 12.2. The minimum Gasteiger partial charge on any atom is -0.481 e.